The van der Waals surface area contributed by atoms with Crippen LogP contribution in [0.5, 0.6) is 5.75 Å². The smallest absolute Gasteiger partial charge is 0.466 e. The Morgan fingerprint density at radius 2 is 1.75 bits per heavy atom. The lowest BCUT2D eigenvalue weighted by Crippen LogP contribution is -2.29. The molecule has 0 N–H and O–H groups in total. The Morgan fingerprint density at radius 3 is 2.36 bits per heavy atom. The van der Waals surface area contributed by atoms with E-state index >= 15 is 0 Å². The minimum Gasteiger partial charge on any atom is -0.466 e. The first-order valence-electron chi connectivity index (χ1n) is 8.45. The van der Waals surface area contributed by atoms with Crippen LogP contribution < -0.4 is 4.18 Å². The molecule has 0 unspecified atom stereocenters. The van der Waals surface area contributed by atoms with Gasteiger partial charge in [-0.3, -0.25) is 9.69 Å². The fourth-order valence-corrected chi connectivity index (χ4v) is 3.86. The number of benzene rings is 2. The zero-order chi connectivity index (χ0) is 20.7. The zero-order valence-electron chi connectivity index (χ0n) is 15.2. The van der Waals surface area contributed by atoms with E-state index in [-0.39, 0.29) is 17.6 Å². The third kappa shape index (κ3) is 3.66. The van der Waals surface area contributed by atoms with Gasteiger partial charge in [0.25, 0.3) is 0 Å². The average molecular weight is 417 g/mol. The predicted molar refractivity (Wildman–Crippen MR) is 95.1 cm³/mol. The van der Waals surface area contributed by atoms with Crippen LogP contribution in [0, 0.1) is 0 Å². The lowest BCUT2D eigenvalue weighted by molar-refractivity contribution is -0.142. The second-order valence-electron chi connectivity index (χ2n) is 6.45. The number of nitrogens with zero attached hydrogens (tertiary/aromatic N) is 1. The summed E-state index contributed by atoms with van der Waals surface area (Å²) < 4.78 is 71.8. The minimum absolute atomic E-state index is 0.0888. The number of fused-ring (bicyclic) bond motifs is 3. The van der Waals surface area contributed by atoms with Crippen molar-refractivity contribution in [3.8, 4) is 5.75 Å². The normalized spacial score (nSPS) is 14.9. The van der Waals surface area contributed by atoms with Gasteiger partial charge in [0.05, 0.1) is 13.0 Å². The van der Waals surface area contributed by atoms with Crippen molar-refractivity contribution in [2.75, 3.05) is 13.7 Å². The predicted octanol–water partition coefficient (Wildman–Crippen LogP) is 3.12. The maximum atomic E-state index is 13.0. The fraction of sp³-hybridized carbons (Fsp3) is 0.389. The van der Waals surface area contributed by atoms with Crippen molar-refractivity contribution in [3.63, 3.8) is 0 Å². The van der Waals surface area contributed by atoms with Crippen molar-refractivity contribution < 1.29 is 35.3 Å². The fourth-order valence-electron chi connectivity index (χ4n) is 3.35. The first-order chi connectivity index (χ1) is 13.0. The molecule has 0 spiro atoms. The molecule has 0 aromatic heterocycles. The number of hydrogen-bond acceptors (Lipinski definition) is 6. The molecule has 1 aliphatic heterocycles. The molecule has 2 aromatic rings. The third-order valence-corrected chi connectivity index (χ3v) is 5.41. The van der Waals surface area contributed by atoms with Gasteiger partial charge in [-0.2, -0.15) is 21.6 Å². The Labute approximate surface area is 160 Å². The van der Waals surface area contributed by atoms with Crippen LogP contribution in [0.1, 0.15) is 23.6 Å². The van der Waals surface area contributed by atoms with Crippen molar-refractivity contribution in [1.82, 2.24) is 4.90 Å². The van der Waals surface area contributed by atoms with E-state index in [0.717, 1.165) is 5.56 Å². The molecule has 28 heavy (non-hydrogen) atoms. The van der Waals surface area contributed by atoms with Crippen LogP contribution >= 0.6 is 0 Å². The van der Waals surface area contributed by atoms with Gasteiger partial charge >= 0.3 is 21.6 Å². The van der Waals surface area contributed by atoms with E-state index in [2.05, 4.69) is 4.18 Å². The van der Waals surface area contributed by atoms with Gasteiger partial charge in [-0.25, -0.2) is 0 Å². The van der Waals surface area contributed by atoms with Crippen molar-refractivity contribution >= 4 is 26.9 Å². The molecule has 152 valence electrons. The molecule has 0 aliphatic carbocycles. The molecular formula is C18H18F3NO5S. The third-order valence-electron chi connectivity index (χ3n) is 4.46. The summed E-state index contributed by atoms with van der Waals surface area (Å²) in [6, 6.07) is 6.43. The number of carbonyl (C=O) groups excluding carboxylic acids is 1. The van der Waals surface area contributed by atoms with Gasteiger partial charge in [0.15, 0.2) is 5.75 Å². The highest BCUT2D eigenvalue weighted by Crippen LogP contribution is 2.42. The lowest BCUT2D eigenvalue weighted by atomic mass is 9.93. The van der Waals surface area contributed by atoms with Gasteiger partial charge in [0.1, 0.15) is 0 Å². The van der Waals surface area contributed by atoms with Gasteiger partial charge < -0.3 is 8.92 Å². The van der Waals surface area contributed by atoms with E-state index < -0.39 is 33.8 Å². The van der Waals surface area contributed by atoms with Gasteiger partial charge in [0, 0.05) is 24.0 Å². The Morgan fingerprint density at radius 1 is 1.14 bits per heavy atom. The van der Waals surface area contributed by atoms with E-state index in [1.165, 1.54) is 6.07 Å². The van der Waals surface area contributed by atoms with Crippen LogP contribution in [-0.2, 0) is 39.2 Å². The summed E-state index contributed by atoms with van der Waals surface area (Å²) in [4.78, 5) is 14.0. The quantitative estimate of drug-likeness (QED) is 0.423. The molecule has 0 bridgehead atoms. The van der Waals surface area contributed by atoms with Crippen molar-refractivity contribution in [3.05, 3.63) is 41.0 Å². The molecule has 0 fully saturated rings. The Bertz CT molecular complexity index is 1030. The summed E-state index contributed by atoms with van der Waals surface area (Å²) in [6.07, 6.45) is -0.391. The number of halogens is 3. The van der Waals surface area contributed by atoms with Gasteiger partial charge in [-0.05, 0) is 30.5 Å². The number of alkyl halides is 3. The summed E-state index contributed by atoms with van der Waals surface area (Å²) in [7, 11) is -4.09. The minimum atomic E-state index is -5.91. The lowest BCUT2D eigenvalue weighted by Gasteiger charge is -2.19. The largest absolute Gasteiger partial charge is 0.534 e. The topological polar surface area (TPSA) is 72.9 Å². The Kier molecular flexibility index (Phi) is 5.28. The summed E-state index contributed by atoms with van der Waals surface area (Å²) in [6.45, 7) is 2.54. The van der Waals surface area contributed by atoms with Crippen LogP contribution in [0.2, 0.25) is 0 Å². The number of ether oxygens (including phenoxy) is 1. The van der Waals surface area contributed by atoms with Crippen LogP contribution in [0.25, 0.3) is 10.8 Å². The van der Waals surface area contributed by atoms with Gasteiger partial charge in [-0.1, -0.05) is 24.3 Å². The number of esters is 1. The van der Waals surface area contributed by atoms with E-state index in [9.17, 15) is 26.4 Å². The maximum absolute atomic E-state index is 13.0. The number of hydrogen-bond donors (Lipinski definition) is 0. The summed E-state index contributed by atoms with van der Waals surface area (Å²) >= 11 is 0. The highest BCUT2D eigenvalue weighted by molar-refractivity contribution is 7.88. The Hall–Kier alpha value is -2.33. The van der Waals surface area contributed by atoms with Crippen molar-refractivity contribution in [2.45, 2.75) is 31.9 Å². The molecule has 2 aromatic carbocycles. The van der Waals surface area contributed by atoms with Crippen LogP contribution in [0.4, 0.5) is 13.2 Å². The van der Waals surface area contributed by atoms with Gasteiger partial charge in [-0.15, -0.1) is 0 Å². The molecule has 0 amide bonds. The summed E-state index contributed by atoms with van der Waals surface area (Å²) in [5.74, 6) is -1.15. The summed E-state index contributed by atoms with van der Waals surface area (Å²) in [5, 5.41) is 0.783. The SMILES string of the molecule is CCOC(=O)Cc1c2c(c3ccccc3c1OS(=O)(=O)C(F)(F)F)CN(C)C2. The number of rotatable bonds is 5. The maximum Gasteiger partial charge on any atom is 0.534 e. The van der Waals surface area contributed by atoms with Crippen molar-refractivity contribution in [1.29, 1.82) is 0 Å². The average Bonchev–Trinajstić information content (AvgIpc) is 2.98. The summed E-state index contributed by atoms with van der Waals surface area (Å²) in [5.41, 5.74) is -4.08. The molecule has 10 heteroatoms. The molecule has 6 nitrogen and oxygen atoms in total. The standard InChI is InChI=1S/C18H18F3NO5S/c1-3-26-16(23)8-13-15-10-22(2)9-14(15)11-6-4-5-7-12(11)17(13)27-28(24,25)18(19,20)21/h4-7H,3,8-10H2,1-2H3. The molecule has 0 atom stereocenters. The molecule has 0 saturated heterocycles. The monoisotopic (exact) mass is 417 g/mol. The molecular weight excluding hydrogens is 399 g/mol. The Balaban J connectivity index is 2.28. The van der Waals surface area contributed by atoms with E-state index in [0.29, 0.717) is 24.0 Å². The highest BCUT2D eigenvalue weighted by Gasteiger charge is 2.49. The molecule has 0 radical (unpaired) electrons. The first-order valence-corrected chi connectivity index (χ1v) is 9.86. The number of carbonyl (C=O) groups is 1. The molecule has 1 heterocycles. The van der Waals surface area contributed by atoms with E-state index in [1.807, 2.05) is 11.9 Å². The zero-order valence-corrected chi connectivity index (χ0v) is 16.0. The van der Waals surface area contributed by atoms with Crippen LogP contribution in [0.3, 0.4) is 0 Å². The highest BCUT2D eigenvalue weighted by atomic mass is 32.2. The van der Waals surface area contributed by atoms with Gasteiger partial charge in [0.2, 0.25) is 0 Å². The second-order valence-corrected chi connectivity index (χ2v) is 7.99. The van der Waals surface area contributed by atoms with E-state index in [1.54, 1.807) is 25.1 Å². The second kappa shape index (κ2) is 7.25. The molecule has 0 saturated carbocycles. The molecule has 3 rings (SSSR count). The van der Waals surface area contributed by atoms with Crippen LogP contribution in [-0.4, -0.2) is 38.4 Å². The van der Waals surface area contributed by atoms with Crippen LogP contribution in [0.15, 0.2) is 24.3 Å². The van der Waals surface area contributed by atoms with E-state index in [4.69, 9.17) is 4.74 Å². The molecule has 1 aliphatic rings. The first kappa shape index (κ1) is 20.4. The van der Waals surface area contributed by atoms with Crippen molar-refractivity contribution in [2.24, 2.45) is 0 Å².